The number of nitrogens with zero attached hydrogens (tertiary/aromatic N) is 1. The Kier molecular flexibility index (Phi) is 4.50. The maximum absolute atomic E-state index is 14.1. The maximum atomic E-state index is 14.1. The summed E-state index contributed by atoms with van der Waals surface area (Å²) in [5.74, 6) is -1.53. The molecule has 0 bridgehead atoms. The zero-order chi connectivity index (χ0) is 24.4. The van der Waals surface area contributed by atoms with Crippen LogP contribution in [-0.2, 0) is 26.3 Å². The van der Waals surface area contributed by atoms with E-state index in [9.17, 15) is 14.4 Å². The third-order valence-corrected chi connectivity index (χ3v) is 7.70. The zero-order valence-electron chi connectivity index (χ0n) is 19.3. The van der Waals surface area contributed by atoms with Crippen LogP contribution in [0.1, 0.15) is 11.1 Å². The fourth-order valence-electron chi connectivity index (χ4n) is 6.23. The number of carbonyl (C=O) groups excluding carboxylic acids is 3. The van der Waals surface area contributed by atoms with Gasteiger partial charge in [0.15, 0.2) is 11.5 Å². The van der Waals surface area contributed by atoms with Gasteiger partial charge in [0.1, 0.15) is 18.8 Å². The number of hydrogen-bond donors (Lipinski definition) is 2. The lowest BCUT2D eigenvalue weighted by molar-refractivity contribution is -0.130. The summed E-state index contributed by atoms with van der Waals surface area (Å²) < 4.78 is 11.3. The molecule has 0 saturated carbocycles. The molecule has 4 heterocycles. The van der Waals surface area contributed by atoms with E-state index in [2.05, 4.69) is 10.6 Å². The summed E-state index contributed by atoms with van der Waals surface area (Å²) in [6, 6.07) is 21.8. The highest BCUT2D eigenvalue weighted by Gasteiger charge is 2.70. The van der Waals surface area contributed by atoms with Gasteiger partial charge in [-0.1, -0.05) is 48.5 Å². The number of para-hydroxylation sites is 1. The molecule has 0 aromatic heterocycles. The molecule has 7 rings (SSSR count). The number of amides is 3. The molecule has 3 aromatic carbocycles. The number of rotatable bonds is 3. The average molecular weight is 482 g/mol. The van der Waals surface area contributed by atoms with Crippen LogP contribution in [0, 0.1) is 11.8 Å². The normalized spacial score (nSPS) is 27.8. The van der Waals surface area contributed by atoms with Gasteiger partial charge in [-0.25, -0.2) is 4.90 Å². The summed E-state index contributed by atoms with van der Waals surface area (Å²) in [6.45, 7) is 0.842. The van der Waals surface area contributed by atoms with Crippen LogP contribution < -0.4 is 25.0 Å². The van der Waals surface area contributed by atoms with E-state index in [1.54, 1.807) is 18.2 Å². The van der Waals surface area contributed by atoms with Gasteiger partial charge in [-0.3, -0.25) is 19.7 Å². The number of fused-ring (bicyclic) bond motifs is 5. The maximum Gasteiger partial charge on any atom is 0.250 e. The zero-order valence-corrected chi connectivity index (χ0v) is 19.3. The minimum Gasteiger partial charge on any atom is -0.486 e. The Labute approximate surface area is 207 Å². The molecule has 36 heavy (non-hydrogen) atoms. The van der Waals surface area contributed by atoms with E-state index in [-0.39, 0.29) is 11.8 Å². The van der Waals surface area contributed by atoms with Gasteiger partial charge in [-0.2, -0.15) is 0 Å². The molecule has 4 atom stereocenters. The van der Waals surface area contributed by atoms with Crippen LogP contribution in [0.25, 0.3) is 0 Å². The number of hydrogen-bond acceptors (Lipinski definition) is 6. The summed E-state index contributed by atoms with van der Waals surface area (Å²) in [5.41, 5.74) is 1.48. The fourth-order valence-corrected chi connectivity index (χ4v) is 6.23. The number of ether oxygens (including phenoxy) is 2. The van der Waals surface area contributed by atoms with Crippen LogP contribution in [0.5, 0.6) is 11.5 Å². The summed E-state index contributed by atoms with van der Waals surface area (Å²) in [7, 11) is 0. The first-order chi connectivity index (χ1) is 17.6. The lowest BCUT2D eigenvalue weighted by Gasteiger charge is -2.30. The van der Waals surface area contributed by atoms with Crippen molar-refractivity contribution in [3.05, 3.63) is 83.9 Å². The third-order valence-electron chi connectivity index (χ3n) is 7.70. The summed E-state index contributed by atoms with van der Waals surface area (Å²) in [6.07, 6.45) is 0.507. The van der Waals surface area contributed by atoms with Crippen molar-refractivity contribution in [1.82, 2.24) is 5.32 Å². The van der Waals surface area contributed by atoms with Crippen molar-refractivity contribution in [3.8, 4) is 11.5 Å². The summed E-state index contributed by atoms with van der Waals surface area (Å²) in [5, 5.41) is 6.42. The minimum absolute atomic E-state index is 0.306. The van der Waals surface area contributed by atoms with Crippen molar-refractivity contribution < 1.29 is 23.9 Å². The molecular weight excluding hydrogens is 458 g/mol. The molecule has 2 N–H and O–H groups in total. The van der Waals surface area contributed by atoms with Crippen molar-refractivity contribution in [2.24, 2.45) is 11.8 Å². The van der Waals surface area contributed by atoms with Crippen LogP contribution in [-0.4, -0.2) is 37.0 Å². The molecule has 8 nitrogen and oxygen atoms in total. The van der Waals surface area contributed by atoms with Gasteiger partial charge in [0.25, 0.3) is 0 Å². The Bertz CT molecular complexity index is 1420. The van der Waals surface area contributed by atoms with Crippen LogP contribution in [0.15, 0.2) is 72.8 Å². The lowest BCUT2D eigenvalue weighted by atomic mass is 9.76. The van der Waals surface area contributed by atoms with Crippen molar-refractivity contribution in [3.63, 3.8) is 0 Å². The molecule has 1 spiro atoms. The molecule has 4 aliphatic rings. The van der Waals surface area contributed by atoms with Crippen LogP contribution >= 0.6 is 0 Å². The van der Waals surface area contributed by atoms with Gasteiger partial charge in [-0.05, 0) is 30.2 Å². The second-order valence-corrected chi connectivity index (χ2v) is 9.59. The molecule has 2 fully saturated rings. The molecule has 8 heteroatoms. The van der Waals surface area contributed by atoms with Gasteiger partial charge >= 0.3 is 0 Å². The SMILES string of the molecule is O=C1C2C(Cc3ccccc3)NC3(C(=O)Nc4ccccc43)C2C(=O)N1c1ccc2c(c1)OCCO2. The largest absolute Gasteiger partial charge is 0.486 e. The number of benzene rings is 3. The fraction of sp³-hybridized carbons (Fsp3) is 0.250. The Morgan fingerprint density at radius 1 is 0.861 bits per heavy atom. The van der Waals surface area contributed by atoms with Crippen molar-refractivity contribution in [2.75, 3.05) is 23.4 Å². The Hall–Kier alpha value is -4.17. The Morgan fingerprint density at radius 2 is 1.61 bits per heavy atom. The van der Waals surface area contributed by atoms with Gasteiger partial charge in [0.05, 0.1) is 17.5 Å². The second-order valence-electron chi connectivity index (χ2n) is 9.59. The van der Waals surface area contributed by atoms with Gasteiger partial charge in [0.2, 0.25) is 17.7 Å². The number of nitrogens with one attached hydrogen (secondary N) is 2. The smallest absolute Gasteiger partial charge is 0.250 e. The van der Waals surface area contributed by atoms with E-state index in [0.717, 1.165) is 5.56 Å². The van der Waals surface area contributed by atoms with E-state index >= 15 is 0 Å². The van der Waals surface area contributed by atoms with Crippen molar-refractivity contribution in [2.45, 2.75) is 18.0 Å². The molecule has 3 aromatic rings. The van der Waals surface area contributed by atoms with E-state index in [1.165, 1.54) is 4.90 Å². The topological polar surface area (TPSA) is 97.0 Å². The predicted molar refractivity (Wildman–Crippen MR) is 131 cm³/mol. The van der Waals surface area contributed by atoms with Gasteiger partial charge < -0.3 is 14.8 Å². The Balaban J connectivity index is 1.35. The van der Waals surface area contributed by atoms with Crippen molar-refractivity contribution >= 4 is 29.1 Å². The van der Waals surface area contributed by atoms with E-state index in [0.29, 0.717) is 48.1 Å². The predicted octanol–water partition coefficient (Wildman–Crippen LogP) is 2.63. The van der Waals surface area contributed by atoms with Crippen LogP contribution in [0.3, 0.4) is 0 Å². The molecular formula is C28H23N3O5. The third kappa shape index (κ3) is 2.82. The number of anilines is 2. The molecule has 0 aliphatic carbocycles. The highest BCUT2D eigenvalue weighted by Crippen LogP contribution is 2.54. The number of imide groups is 1. The van der Waals surface area contributed by atoms with E-state index < -0.39 is 29.3 Å². The summed E-state index contributed by atoms with van der Waals surface area (Å²) >= 11 is 0. The number of carbonyl (C=O) groups is 3. The van der Waals surface area contributed by atoms with Crippen LogP contribution in [0.2, 0.25) is 0 Å². The van der Waals surface area contributed by atoms with E-state index in [1.807, 2.05) is 54.6 Å². The standard InChI is InChI=1S/C28H23N3O5/c32-25-23-20(14-16-6-2-1-3-7-16)30-28(18-8-4-5-9-19(18)29-27(28)34)24(23)26(33)31(25)17-10-11-21-22(15-17)36-13-12-35-21/h1-11,15,20,23-24,30H,12-14H2,(H,29,34). The second kappa shape index (κ2) is 7.66. The molecule has 2 saturated heterocycles. The first-order valence-electron chi connectivity index (χ1n) is 12.1. The first kappa shape index (κ1) is 21.1. The molecule has 180 valence electrons. The van der Waals surface area contributed by atoms with Gasteiger partial charge in [0, 0.05) is 23.4 Å². The highest BCUT2D eigenvalue weighted by molar-refractivity contribution is 6.25. The summed E-state index contributed by atoms with van der Waals surface area (Å²) in [4.78, 5) is 42.9. The van der Waals surface area contributed by atoms with E-state index in [4.69, 9.17) is 9.47 Å². The monoisotopic (exact) mass is 481 g/mol. The molecule has 3 amide bonds. The minimum atomic E-state index is -1.32. The first-order valence-corrected chi connectivity index (χ1v) is 12.1. The molecule has 4 unspecified atom stereocenters. The lowest BCUT2D eigenvalue weighted by Crippen LogP contribution is -2.53. The van der Waals surface area contributed by atoms with Gasteiger partial charge in [-0.15, -0.1) is 0 Å². The average Bonchev–Trinajstić information content (AvgIpc) is 3.48. The highest BCUT2D eigenvalue weighted by atomic mass is 16.6. The Morgan fingerprint density at radius 3 is 2.44 bits per heavy atom. The molecule has 4 aliphatic heterocycles. The molecule has 0 radical (unpaired) electrons. The van der Waals surface area contributed by atoms with Crippen molar-refractivity contribution in [1.29, 1.82) is 0 Å². The quantitative estimate of drug-likeness (QED) is 0.559. The van der Waals surface area contributed by atoms with Crippen LogP contribution in [0.4, 0.5) is 11.4 Å².